The van der Waals surface area contributed by atoms with E-state index in [1.807, 2.05) is 30.5 Å². The van der Waals surface area contributed by atoms with Crippen LogP contribution in [-0.2, 0) is 19.4 Å². The maximum atomic E-state index is 6.03. The summed E-state index contributed by atoms with van der Waals surface area (Å²) in [5.74, 6) is 0. The van der Waals surface area contributed by atoms with Gasteiger partial charge in [-0.25, -0.2) is 0 Å². The van der Waals surface area contributed by atoms with Crippen LogP contribution in [0.3, 0.4) is 0 Å². The highest BCUT2D eigenvalue weighted by Gasteiger charge is 2.30. The van der Waals surface area contributed by atoms with Gasteiger partial charge in [0, 0.05) is 35.8 Å². The van der Waals surface area contributed by atoms with Crippen LogP contribution in [0.5, 0.6) is 0 Å². The molecule has 150 valence electrons. The summed E-state index contributed by atoms with van der Waals surface area (Å²) in [6, 6.07) is 18.1. The summed E-state index contributed by atoms with van der Waals surface area (Å²) >= 11 is 6.03. The summed E-state index contributed by atoms with van der Waals surface area (Å²) in [6.45, 7) is 3.18. The number of benzene rings is 2. The third-order valence-corrected chi connectivity index (χ3v) is 6.68. The summed E-state index contributed by atoms with van der Waals surface area (Å²) in [4.78, 5) is 2.71. The molecule has 0 unspecified atom stereocenters. The zero-order valence-corrected chi connectivity index (χ0v) is 17.3. The van der Waals surface area contributed by atoms with Crippen molar-refractivity contribution in [3.63, 3.8) is 0 Å². The summed E-state index contributed by atoms with van der Waals surface area (Å²) in [5.41, 5.74) is 6.49. The molecule has 2 aliphatic rings. The third kappa shape index (κ3) is 4.11. The van der Waals surface area contributed by atoms with Gasteiger partial charge in [-0.2, -0.15) is 5.10 Å². The predicted molar refractivity (Wildman–Crippen MR) is 118 cm³/mol. The summed E-state index contributed by atoms with van der Waals surface area (Å²) < 4.78 is 0. The maximum absolute atomic E-state index is 6.03. The summed E-state index contributed by atoms with van der Waals surface area (Å²) in [6.07, 6.45) is 6.84. The molecule has 1 saturated heterocycles. The number of fused-ring (bicyclic) bond motifs is 1. The molecule has 1 aliphatic heterocycles. The first-order valence-electron chi connectivity index (χ1n) is 10.6. The average Bonchev–Trinajstić information content (AvgIpc) is 3.40. The molecular weight excluding hydrogens is 380 g/mol. The Morgan fingerprint density at radius 2 is 1.83 bits per heavy atom. The SMILES string of the molecule is Clc1ccc(-c2[nH]ncc2CN[C@H]2CCCN(C3Cc4ccccc4C3)C2)cc1. The van der Waals surface area contributed by atoms with E-state index in [0.717, 1.165) is 29.4 Å². The van der Waals surface area contributed by atoms with Crippen molar-refractivity contribution in [2.24, 2.45) is 0 Å². The summed E-state index contributed by atoms with van der Waals surface area (Å²) in [5, 5.41) is 12.0. The van der Waals surface area contributed by atoms with E-state index in [0.29, 0.717) is 12.1 Å². The Bertz CT molecular complexity index is 940. The first-order chi connectivity index (χ1) is 14.3. The number of nitrogens with zero attached hydrogens (tertiary/aromatic N) is 2. The molecule has 5 heteroatoms. The van der Waals surface area contributed by atoms with Crippen LogP contribution in [0, 0.1) is 0 Å². The molecule has 0 amide bonds. The second-order valence-electron chi connectivity index (χ2n) is 8.32. The Kier molecular flexibility index (Phi) is 5.40. The van der Waals surface area contributed by atoms with Gasteiger partial charge in [0.1, 0.15) is 0 Å². The van der Waals surface area contributed by atoms with Gasteiger partial charge in [0.2, 0.25) is 0 Å². The number of likely N-dealkylation sites (tertiary alicyclic amines) is 1. The van der Waals surface area contributed by atoms with Crippen LogP contribution in [0.25, 0.3) is 11.3 Å². The van der Waals surface area contributed by atoms with Gasteiger partial charge in [-0.3, -0.25) is 10.00 Å². The van der Waals surface area contributed by atoms with Gasteiger partial charge in [-0.15, -0.1) is 0 Å². The number of H-pyrrole nitrogens is 1. The highest BCUT2D eigenvalue weighted by atomic mass is 35.5. The number of aromatic nitrogens is 2. The monoisotopic (exact) mass is 406 g/mol. The second-order valence-corrected chi connectivity index (χ2v) is 8.76. The molecule has 1 aliphatic carbocycles. The first kappa shape index (κ1) is 18.9. The van der Waals surface area contributed by atoms with Crippen LogP contribution in [0.4, 0.5) is 0 Å². The van der Waals surface area contributed by atoms with Gasteiger partial charge < -0.3 is 5.32 Å². The smallest absolute Gasteiger partial charge is 0.0695 e. The number of aromatic amines is 1. The fraction of sp³-hybridized carbons (Fsp3) is 0.375. The lowest BCUT2D eigenvalue weighted by Crippen LogP contribution is -2.49. The molecule has 2 aromatic carbocycles. The van der Waals surface area contributed by atoms with Crippen LogP contribution in [-0.4, -0.2) is 40.3 Å². The minimum absolute atomic E-state index is 0.528. The standard InChI is InChI=1S/C24H27ClN4/c25-21-9-7-17(8-10-21)24-20(15-27-28-24)14-26-22-6-3-11-29(16-22)23-12-18-4-1-2-5-19(18)13-23/h1-2,4-5,7-10,15,22-23,26H,3,6,11-14,16H2,(H,27,28)/t22-/m0/s1. The molecule has 0 radical (unpaired) electrons. The number of piperidine rings is 1. The number of hydrogen-bond acceptors (Lipinski definition) is 3. The lowest BCUT2D eigenvalue weighted by Gasteiger charge is -2.37. The topological polar surface area (TPSA) is 44.0 Å². The average molecular weight is 407 g/mol. The van der Waals surface area contributed by atoms with Crippen molar-refractivity contribution in [1.82, 2.24) is 20.4 Å². The minimum Gasteiger partial charge on any atom is -0.309 e. The number of halogens is 1. The number of rotatable bonds is 5. The predicted octanol–water partition coefficient (Wildman–Crippen LogP) is 4.45. The van der Waals surface area contributed by atoms with E-state index in [1.54, 1.807) is 11.1 Å². The van der Waals surface area contributed by atoms with Crippen molar-refractivity contribution < 1.29 is 0 Å². The zero-order chi connectivity index (χ0) is 19.6. The molecular formula is C24H27ClN4. The molecule has 2 heterocycles. The fourth-order valence-electron chi connectivity index (χ4n) is 4.86. The Morgan fingerprint density at radius 1 is 1.07 bits per heavy atom. The molecule has 2 N–H and O–H groups in total. The number of nitrogens with one attached hydrogen (secondary N) is 2. The second kappa shape index (κ2) is 8.31. The molecule has 5 rings (SSSR count). The third-order valence-electron chi connectivity index (χ3n) is 6.43. The summed E-state index contributed by atoms with van der Waals surface area (Å²) in [7, 11) is 0. The Labute approximate surface area is 177 Å². The number of hydrogen-bond donors (Lipinski definition) is 2. The molecule has 1 aromatic heterocycles. The molecule has 1 fully saturated rings. The lowest BCUT2D eigenvalue weighted by atomic mass is 10.0. The van der Waals surface area contributed by atoms with Gasteiger partial charge in [0.25, 0.3) is 0 Å². The van der Waals surface area contributed by atoms with Gasteiger partial charge in [-0.05, 0) is 61.1 Å². The highest BCUT2D eigenvalue weighted by Crippen LogP contribution is 2.28. The molecule has 29 heavy (non-hydrogen) atoms. The van der Waals surface area contributed by atoms with E-state index in [-0.39, 0.29) is 0 Å². The highest BCUT2D eigenvalue weighted by molar-refractivity contribution is 6.30. The van der Waals surface area contributed by atoms with Crippen LogP contribution in [0.2, 0.25) is 5.02 Å². The van der Waals surface area contributed by atoms with E-state index in [4.69, 9.17) is 11.6 Å². The fourth-order valence-corrected chi connectivity index (χ4v) is 4.99. The van der Waals surface area contributed by atoms with Crippen molar-refractivity contribution in [2.75, 3.05) is 13.1 Å². The van der Waals surface area contributed by atoms with Crippen molar-refractivity contribution >= 4 is 11.6 Å². The van der Waals surface area contributed by atoms with Gasteiger partial charge in [-0.1, -0.05) is 48.0 Å². The quantitative estimate of drug-likeness (QED) is 0.657. The van der Waals surface area contributed by atoms with E-state index in [2.05, 4.69) is 44.7 Å². The largest absolute Gasteiger partial charge is 0.309 e. The van der Waals surface area contributed by atoms with Gasteiger partial charge in [0.15, 0.2) is 0 Å². The van der Waals surface area contributed by atoms with Gasteiger partial charge >= 0.3 is 0 Å². The van der Waals surface area contributed by atoms with Crippen molar-refractivity contribution in [1.29, 1.82) is 0 Å². The Morgan fingerprint density at radius 3 is 2.59 bits per heavy atom. The van der Waals surface area contributed by atoms with Crippen molar-refractivity contribution in [3.05, 3.63) is 76.4 Å². The molecule has 0 saturated carbocycles. The van der Waals surface area contributed by atoms with Gasteiger partial charge in [0.05, 0.1) is 11.9 Å². The Balaban J connectivity index is 1.20. The van der Waals surface area contributed by atoms with Crippen molar-refractivity contribution in [2.45, 2.75) is 44.3 Å². The Hall–Kier alpha value is -2.14. The molecule has 0 bridgehead atoms. The van der Waals surface area contributed by atoms with Crippen LogP contribution in [0.1, 0.15) is 29.5 Å². The van der Waals surface area contributed by atoms with E-state index < -0.39 is 0 Å². The van der Waals surface area contributed by atoms with E-state index in [1.165, 1.54) is 37.8 Å². The van der Waals surface area contributed by atoms with Crippen LogP contribution in [0.15, 0.2) is 54.7 Å². The molecule has 0 spiro atoms. The van der Waals surface area contributed by atoms with Crippen LogP contribution >= 0.6 is 11.6 Å². The molecule has 4 nitrogen and oxygen atoms in total. The maximum Gasteiger partial charge on any atom is 0.0695 e. The first-order valence-corrected chi connectivity index (χ1v) is 11.0. The van der Waals surface area contributed by atoms with Crippen LogP contribution < -0.4 is 5.32 Å². The van der Waals surface area contributed by atoms with Crippen molar-refractivity contribution in [3.8, 4) is 11.3 Å². The normalized spacial score (nSPS) is 20.1. The minimum atomic E-state index is 0.528. The van der Waals surface area contributed by atoms with E-state index >= 15 is 0 Å². The lowest BCUT2D eigenvalue weighted by molar-refractivity contribution is 0.140. The molecule has 1 atom stereocenters. The van der Waals surface area contributed by atoms with E-state index in [9.17, 15) is 0 Å². The molecule has 3 aromatic rings. The zero-order valence-electron chi connectivity index (χ0n) is 16.6.